The van der Waals surface area contributed by atoms with Crippen molar-refractivity contribution >= 4 is 35.1 Å². The fraction of sp³-hybridized carbons (Fsp3) is 0.667. The Morgan fingerprint density at radius 2 is 1.85 bits per heavy atom. The zero-order valence-corrected chi connectivity index (χ0v) is 21.3. The number of alkyl halides is 2. The highest BCUT2D eigenvalue weighted by Crippen LogP contribution is 2.34. The quantitative estimate of drug-likeness (QED) is 0.376. The van der Waals surface area contributed by atoms with Crippen molar-refractivity contribution in [2.45, 2.75) is 41.8 Å². The summed E-state index contributed by atoms with van der Waals surface area (Å²) >= 11 is 13.1. The number of halogens is 2. The first kappa shape index (κ1) is 27.2. The van der Waals surface area contributed by atoms with Gasteiger partial charge >= 0.3 is 5.97 Å². The van der Waals surface area contributed by atoms with Gasteiger partial charge in [0.2, 0.25) is 5.91 Å². The molecule has 1 saturated carbocycles. The Hall–Kier alpha value is -1.42. The van der Waals surface area contributed by atoms with Crippen LogP contribution in [-0.4, -0.2) is 109 Å². The Bertz CT molecular complexity index is 794. The molecule has 1 aliphatic carbocycles. The fourth-order valence-corrected chi connectivity index (χ4v) is 5.36. The average Bonchev–Trinajstić information content (AvgIpc) is 2.84. The maximum atomic E-state index is 13.0. The molecule has 2 fully saturated rings. The van der Waals surface area contributed by atoms with Crippen LogP contribution in [0.1, 0.15) is 12.0 Å². The molecule has 1 heterocycles. The summed E-state index contributed by atoms with van der Waals surface area (Å²) in [4.78, 5) is 29.9. The summed E-state index contributed by atoms with van der Waals surface area (Å²) in [5.41, 5.74) is 0.877. The van der Waals surface area contributed by atoms with Crippen LogP contribution in [-0.2, 0) is 25.5 Å². The Kier molecular flexibility index (Phi) is 10.4. The number of methoxy groups -OCH3 is 1. The number of piperazine rings is 1. The van der Waals surface area contributed by atoms with Crippen molar-refractivity contribution in [1.29, 1.82) is 0 Å². The van der Waals surface area contributed by atoms with Gasteiger partial charge < -0.3 is 24.8 Å². The maximum absolute atomic E-state index is 13.0. The second kappa shape index (κ2) is 13.0. The molecule has 190 valence electrons. The lowest BCUT2D eigenvalue weighted by Crippen LogP contribution is -2.56. The summed E-state index contributed by atoms with van der Waals surface area (Å²) in [5, 5.41) is 12.1. The van der Waals surface area contributed by atoms with Crippen LogP contribution in [0, 0.1) is 5.92 Å². The highest BCUT2D eigenvalue weighted by atomic mass is 35.5. The molecule has 2 N–H and O–H groups in total. The molecule has 1 aromatic rings. The number of hydrogen-bond acceptors (Lipinski definition) is 7. The summed E-state index contributed by atoms with van der Waals surface area (Å²) in [6.45, 7) is 5.21. The Morgan fingerprint density at radius 1 is 1.18 bits per heavy atom. The van der Waals surface area contributed by atoms with E-state index >= 15 is 0 Å². The molecule has 1 amide bonds. The van der Waals surface area contributed by atoms with Crippen LogP contribution in [0.15, 0.2) is 30.3 Å². The van der Waals surface area contributed by atoms with E-state index in [1.54, 1.807) is 0 Å². The van der Waals surface area contributed by atoms with Gasteiger partial charge in [0.05, 0.1) is 42.6 Å². The van der Waals surface area contributed by atoms with Gasteiger partial charge in [-0.3, -0.25) is 9.69 Å². The lowest BCUT2D eigenvalue weighted by Gasteiger charge is -2.40. The highest BCUT2D eigenvalue weighted by molar-refractivity contribution is 6.25. The minimum Gasteiger partial charge on any atom is -0.467 e. The molecule has 0 bridgehead atoms. The minimum absolute atomic E-state index is 0.191. The lowest BCUT2D eigenvalue weighted by atomic mass is 9.83. The van der Waals surface area contributed by atoms with Crippen LogP contribution in [0.2, 0.25) is 0 Å². The smallest absolute Gasteiger partial charge is 0.328 e. The van der Waals surface area contributed by atoms with Crippen LogP contribution in [0.5, 0.6) is 0 Å². The number of likely N-dealkylation sites (N-methyl/N-ethyl adjacent to an activating group) is 1. The molecule has 0 radical (unpaired) electrons. The number of aliphatic hydroxyl groups excluding tert-OH is 1. The largest absolute Gasteiger partial charge is 0.467 e. The Morgan fingerprint density at radius 3 is 2.50 bits per heavy atom. The van der Waals surface area contributed by atoms with Crippen LogP contribution >= 0.6 is 23.2 Å². The second-order valence-corrected chi connectivity index (χ2v) is 10.1. The van der Waals surface area contributed by atoms with E-state index in [1.165, 1.54) is 7.11 Å². The molecule has 8 nitrogen and oxygen atoms in total. The van der Waals surface area contributed by atoms with Gasteiger partial charge in [0.15, 0.2) is 0 Å². The number of aliphatic hydroxyl groups is 1. The number of rotatable bonds is 9. The monoisotopic (exact) mass is 515 g/mol. The van der Waals surface area contributed by atoms with Crippen molar-refractivity contribution in [3.05, 3.63) is 35.9 Å². The predicted octanol–water partition coefficient (Wildman–Crippen LogP) is 1.12. The van der Waals surface area contributed by atoms with Gasteiger partial charge in [-0.1, -0.05) is 30.3 Å². The molecule has 0 aromatic heterocycles. The van der Waals surface area contributed by atoms with E-state index in [0.29, 0.717) is 6.61 Å². The Balaban J connectivity index is 1.54. The summed E-state index contributed by atoms with van der Waals surface area (Å²) in [6.07, 6.45) is -1.26. The fourth-order valence-electron chi connectivity index (χ4n) is 4.44. The highest BCUT2D eigenvalue weighted by Gasteiger charge is 2.46. The molecule has 2 aliphatic rings. The summed E-state index contributed by atoms with van der Waals surface area (Å²) < 4.78 is 10.8. The summed E-state index contributed by atoms with van der Waals surface area (Å²) in [7, 11) is 3.38. The van der Waals surface area contributed by atoms with Crippen molar-refractivity contribution < 1.29 is 24.2 Å². The average molecular weight is 516 g/mol. The number of nitrogens with one attached hydrogen (secondary N) is 1. The number of carbonyl (C=O) groups excluding carboxylic acids is 2. The van der Waals surface area contributed by atoms with Gasteiger partial charge in [-0.15, -0.1) is 23.2 Å². The van der Waals surface area contributed by atoms with Crippen LogP contribution in [0.4, 0.5) is 0 Å². The van der Waals surface area contributed by atoms with Crippen LogP contribution in [0.25, 0.3) is 0 Å². The van der Waals surface area contributed by atoms with Crippen molar-refractivity contribution in [2.75, 3.05) is 53.5 Å². The van der Waals surface area contributed by atoms with E-state index in [4.69, 9.17) is 32.7 Å². The third-order valence-electron chi connectivity index (χ3n) is 6.62. The van der Waals surface area contributed by atoms with Crippen molar-refractivity contribution in [3.63, 3.8) is 0 Å². The van der Waals surface area contributed by atoms with E-state index in [1.807, 2.05) is 30.3 Å². The zero-order chi connectivity index (χ0) is 24.7. The second-order valence-electron chi connectivity index (χ2n) is 9.05. The van der Waals surface area contributed by atoms with Crippen molar-refractivity contribution in [3.8, 4) is 0 Å². The van der Waals surface area contributed by atoms with Gasteiger partial charge in [-0.2, -0.15) is 0 Å². The van der Waals surface area contributed by atoms with E-state index in [0.717, 1.165) is 38.3 Å². The number of carbonyl (C=O) groups is 2. The van der Waals surface area contributed by atoms with E-state index in [2.05, 4.69) is 22.2 Å². The number of esters is 1. The normalized spacial score (nSPS) is 29.4. The number of amides is 1. The third-order valence-corrected chi connectivity index (χ3v) is 7.56. The van der Waals surface area contributed by atoms with Gasteiger partial charge in [-0.25, -0.2) is 4.79 Å². The molecule has 1 aromatic carbocycles. The molecule has 6 atom stereocenters. The third kappa shape index (κ3) is 7.29. The minimum atomic E-state index is -1.15. The lowest BCUT2D eigenvalue weighted by molar-refractivity contribution is -0.147. The number of hydrogen-bond donors (Lipinski definition) is 2. The SMILES string of the molecule is COC(=O)[C@H](Cc1ccccc1)NC(=O)C1CC(Cl)C(OCCN2CCN(C)CC2)C(Cl)C1O. The maximum Gasteiger partial charge on any atom is 0.328 e. The predicted molar refractivity (Wildman–Crippen MR) is 131 cm³/mol. The zero-order valence-electron chi connectivity index (χ0n) is 19.7. The van der Waals surface area contributed by atoms with Gasteiger partial charge in [-0.05, 0) is 19.0 Å². The van der Waals surface area contributed by atoms with Crippen LogP contribution < -0.4 is 5.32 Å². The molecule has 0 spiro atoms. The van der Waals surface area contributed by atoms with E-state index in [-0.39, 0.29) is 12.8 Å². The molecule has 3 rings (SSSR count). The van der Waals surface area contributed by atoms with Crippen molar-refractivity contribution in [2.24, 2.45) is 5.92 Å². The van der Waals surface area contributed by atoms with Crippen LogP contribution in [0.3, 0.4) is 0 Å². The molecule has 34 heavy (non-hydrogen) atoms. The standard InChI is InChI=1S/C24H35Cl2N3O5/c1-28-8-10-29(11-9-28)12-13-34-22-18(25)15-17(21(30)20(22)26)23(31)27-19(24(32)33-2)14-16-6-4-3-5-7-16/h3-7,17-22,30H,8-15H2,1-2H3,(H,27,31)/t17?,18?,19-,20?,21?,22?/m0/s1. The molecule has 10 heteroatoms. The molecule has 1 aliphatic heterocycles. The number of nitrogens with zero attached hydrogens (tertiary/aromatic N) is 2. The number of ether oxygens (including phenoxy) is 2. The Labute approximate surface area is 211 Å². The van der Waals surface area contributed by atoms with Crippen molar-refractivity contribution in [1.82, 2.24) is 15.1 Å². The molecular formula is C24H35Cl2N3O5. The molecule has 1 saturated heterocycles. The van der Waals surface area contributed by atoms with Gasteiger partial charge in [0.1, 0.15) is 6.04 Å². The summed E-state index contributed by atoms with van der Waals surface area (Å²) in [6, 6.07) is 8.44. The number of benzene rings is 1. The first-order valence-corrected chi connectivity index (χ1v) is 12.6. The van der Waals surface area contributed by atoms with E-state index in [9.17, 15) is 14.7 Å². The molecular weight excluding hydrogens is 481 g/mol. The summed E-state index contributed by atoms with van der Waals surface area (Å²) in [5.74, 6) is -1.89. The molecule has 5 unspecified atom stereocenters. The first-order chi connectivity index (χ1) is 16.3. The topological polar surface area (TPSA) is 91.3 Å². The van der Waals surface area contributed by atoms with Gasteiger partial charge in [0.25, 0.3) is 0 Å². The van der Waals surface area contributed by atoms with E-state index < -0.39 is 46.8 Å². The first-order valence-electron chi connectivity index (χ1n) is 11.7. The van der Waals surface area contributed by atoms with Gasteiger partial charge in [0, 0.05) is 39.1 Å².